The summed E-state index contributed by atoms with van der Waals surface area (Å²) in [6.07, 6.45) is 6.21. The molecule has 35 heavy (non-hydrogen) atoms. The largest absolute Gasteiger partial charge is 0.444 e. The van der Waals surface area contributed by atoms with Crippen molar-refractivity contribution in [1.29, 1.82) is 0 Å². The van der Waals surface area contributed by atoms with Crippen LogP contribution in [0.4, 0.5) is 10.6 Å². The van der Waals surface area contributed by atoms with Gasteiger partial charge in [0, 0.05) is 44.5 Å². The van der Waals surface area contributed by atoms with Crippen molar-refractivity contribution in [3.05, 3.63) is 58.9 Å². The number of nitrogens with zero attached hydrogens (tertiary/aromatic N) is 7. The molecular weight excluding hydrogens is 450 g/mol. The van der Waals surface area contributed by atoms with E-state index in [0.717, 1.165) is 12.0 Å². The number of aryl methyl sites for hydroxylation is 1. The van der Waals surface area contributed by atoms with E-state index in [1.54, 1.807) is 32.7 Å². The van der Waals surface area contributed by atoms with Crippen LogP contribution in [0, 0.1) is 0 Å². The maximum absolute atomic E-state index is 13.5. The van der Waals surface area contributed by atoms with Crippen molar-refractivity contribution in [2.75, 3.05) is 31.1 Å². The van der Waals surface area contributed by atoms with Crippen molar-refractivity contribution in [2.24, 2.45) is 0 Å². The summed E-state index contributed by atoms with van der Waals surface area (Å²) in [7, 11) is 0. The third kappa shape index (κ3) is 5.73. The number of hydrogen-bond acceptors (Lipinski definition) is 8. The molecule has 0 spiro atoms. The smallest absolute Gasteiger partial charge is 0.410 e. The van der Waals surface area contributed by atoms with Crippen LogP contribution in [0.25, 0.3) is 11.4 Å². The molecule has 3 heterocycles. The summed E-state index contributed by atoms with van der Waals surface area (Å²) >= 11 is 0. The predicted molar refractivity (Wildman–Crippen MR) is 129 cm³/mol. The maximum Gasteiger partial charge on any atom is 0.410 e. The molecule has 184 valence electrons. The Morgan fingerprint density at radius 2 is 1.77 bits per heavy atom. The van der Waals surface area contributed by atoms with Gasteiger partial charge in [0.25, 0.3) is 5.56 Å². The highest BCUT2D eigenvalue weighted by Gasteiger charge is 2.28. The predicted octanol–water partition coefficient (Wildman–Crippen LogP) is 2.00. The normalized spacial score (nSPS) is 14.1. The standard InChI is InChI=1S/C24H29N7O4/c1-24(2,3)35-23(34)29-14-12-28(13-15-29)21-22(33)30(17-18(26-21)5-4-16-32)19-6-8-20(9-7-19)31-11-10-25-27-31/h6-11,16-17H,4-5,12-15H2,1-3H3. The molecule has 0 aliphatic carbocycles. The summed E-state index contributed by atoms with van der Waals surface area (Å²) in [6, 6.07) is 7.35. The lowest BCUT2D eigenvalue weighted by Crippen LogP contribution is -2.51. The molecule has 1 amide bonds. The van der Waals surface area contributed by atoms with Crippen molar-refractivity contribution in [2.45, 2.75) is 39.2 Å². The molecule has 1 saturated heterocycles. The SMILES string of the molecule is CC(C)(C)OC(=O)N1CCN(c2nc(CCC=O)cn(-c3ccc(-n4ccnn4)cc3)c2=O)CC1. The van der Waals surface area contributed by atoms with E-state index in [2.05, 4.69) is 15.3 Å². The van der Waals surface area contributed by atoms with E-state index in [1.165, 1.54) is 0 Å². The molecule has 0 radical (unpaired) electrons. The third-order valence-corrected chi connectivity index (χ3v) is 5.50. The number of benzene rings is 1. The molecule has 3 aromatic rings. The number of rotatable bonds is 6. The first kappa shape index (κ1) is 24.1. The van der Waals surface area contributed by atoms with Gasteiger partial charge in [-0.25, -0.2) is 14.5 Å². The topological polar surface area (TPSA) is 115 Å². The zero-order valence-electron chi connectivity index (χ0n) is 20.1. The monoisotopic (exact) mass is 479 g/mol. The Bertz CT molecular complexity index is 1220. The van der Waals surface area contributed by atoms with Gasteiger partial charge in [0.15, 0.2) is 5.82 Å². The highest BCUT2D eigenvalue weighted by molar-refractivity contribution is 5.68. The molecule has 0 N–H and O–H groups in total. The van der Waals surface area contributed by atoms with Crippen LogP contribution in [-0.4, -0.2) is 73.6 Å². The second kappa shape index (κ2) is 10.1. The molecule has 11 heteroatoms. The molecule has 2 aromatic heterocycles. The van der Waals surface area contributed by atoms with Gasteiger partial charge in [-0.1, -0.05) is 5.21 Å². The van der Waals surface area contributed by atoms with Gasteiger partial charge in [-0.05, 0) is 51.5 Å². The number of aromatic nitrogens is 5. The fourth-order valence-electron chi connectivity index (χ4n) is 3.79. The number of piperazine rings is 1. The van der Waals surface area contributed by atoms with Crippen molar-refractivity contribution in [3.8, 4) is 11.4 Å². The summed E-state index contributed by atoms with van der Waals surface area (Å²) in [4.78, 5) is 44.9. The van der Waals surface area contributed by atoms with Crippen LogP contribution in [-0.2, 0) is 16.0 Å². The molecule has 1 aliphatic rings. The lowest BCUT2D eigenvalue weighted by atomic mass is 10.2. The molecule has 4 rings (SSSR count). The Morgan fingerprint density at radius 3 is 2.37 bits per heavy atom. The quantitative estimate of drug-likeness (QED) is 0.493. The van der Waals surface area contributed by atoms with Crippen molar-refractivity contribution < 1.29 is 14.3 Å². The second-order valence-electron chi connectivity index (χ2n) is 9.25. The second-order valence-corrected chi connectivity index (χ2v) is 9.25. The van der Waals surface area contributed by atoms with Crippen LogP contribution in [0.2, 0.25) is 0 Å². The number of carbonyl (C=O) groups excluding carboxylic acids is 2. The van der Waals surface area contributed by atoms with Crippen LogP contribution in [0.5, 0.6) is 0 Å². The highest BCUT2D eigenvalue weighted by atomic mass is 16.6. The molecule has 11 nitrogen and oxygen atoms in total. The zero-order chi connectivity index (χ0) is 25.0. The molecule has 1 fully saturated rings. The van der Waals surface area contributed by atoms with E-state index < -0.39 is 5.60 Å². The minimum absolute atomic E-state index is 0.265. The first-order chi connectivity index (χ1) is 16.7. The number of amides is 1. The third-order valence-electron chi connectivity index (χ3n) is 5.50. The van der Waals surface area contributed by atoms with Gasteiger partial charge in [-0.3, -0.25) is 9.36 Å². The van der Waals surface area contributed by atoms with Gasteiger partial charge in [0.2, 0.25) is 0 Å². The Labute approximate surface area is 202 Å². The number of ether oxygens (including phenoxy) is 1. The van der Waals surface area contributed by atoms with Gasteiger partial charge < -0.3 is 19.3 Å². The van der Waals surface area contributed by atoms with Crippen molar-refractivity contribution in [3.63, 3.8) is 0 Å². The minimum Gasteiger partial charge on any atom is -0.444 e. The molecule has 0 saturated carbocycles. The van der Waals surface area contributed by atoms with E-state index >= 15 is 0 Å². The van der Waals surface area contributed by atoms with Gasteiger partial charge in [0.1, 0.15) is 11.9 Å². The number of anilines is 1. The summed E-state index contributed by atoms with van der Waals surface area (Å²) in [6.45, 7) is 7.22. The number of hydrogen-bond donors (Lipinski definition) is 0. The Morgan fingerprint density at radius 1 is 1.09 bits per heavy atom. The summed E-state index contributed by atoms with van der Waals surface area (Å²) in [5.74, 6) is 0.303. The van der Waals surface area contributed by atoms with Gasteiger partial charge in [-0.2, -0.15) is 0 Å². The van der Waals surface area contributed by atoms with E-state index in [0.29, 0.717) is 56.2 Å². The number of carbonyl (C=O) groups is 2. The Kier molecular flexibility index (Phi) is 6.94. The van der Waals surface area contributed by atoms with E-state index in [9.17, 15) is 14.4 Å². The Hall–Kier alpha value is -4.02. The Balaban J connectivity index is 1.59. The summed E-state index contributed by atoms with van der Waals surface area (Å²) in [5.41, 5.74) is 1.29. The first-order valence-electron chi connectivity index (χ1n) is 11.5. The van der Waals surface area contributed by atoms with Crippen LogP contribution in [0.3, 0.4) is 0 Å². The molecular formula is C24H29N7O4. The van der Waals surface area contributed by atoms with Gasteiger partial charge in [-0.15, -0.1) is 5.10 Å². The lowest BCUT2D eigenvalue weighted by Gasteiger charge is -2.36. The zero-order valence-corrected chi connectivity index (χ0v) is 20.1. The van der Waals surface area contributed by atoms with E-state index in [1.807, 2.05) is 49.9 Å². The summed E-state index contributed by atoms with van der Waals surface area (Å²) < 4.78 is 8.64. The van der Waals surface area contributed by atoms with Crippen LogP contribution in [0.15, 0.2) is 47.7 Å². The maximum atomic E-state index is 13.5. The van der Waals surface area contributed by atoms with Crippen molar-refractivity contribution in [1.82, 2.24) is 29.4 Å². The molecule has 0 unspecified atom stereocenters. The van der Waals surface area contributed by atoms with Gasteiger partial charge >= 0.3 is 6.09 Å². The molecule has 1 aliphatic heterocycles. The molecule has 1 aromatic carbocycles. The lowest BCUT2D eigenvalue weighted by molar-refractivity contribution is -0.107. The minimum atomic E-state index is -0.570. The average molecular weight is 480 g/mol. The fourth-order valence-corrected chi connectivity index (χ4v) is 3.79. The van der Waals surface area contributed by atoms with E-state index in [4.69, 9.17) is 4.74 Å². The fraction of sp³-hybridized carbons (Fsp3) is 0.417. The van der Waals surface area contributed by atoms with Crippen LogP contribution < -0.4 is 10.5 Å². The van der Waals surface area contributed by atoms with Gasteiger partial charge in [0.05, 0.1) is 23.8 Å². The highest BCUT2D eigenvalue weighted by Crippen LogP contribution is 2.17. The summed E-state index contributed by atoms with van der Waals surface area (Å²) in [5, 5.41) is 7.79. The van der Waals surface area contributed by atoms with E-state index in [-0.39, 0.29) is 11.7 Å². The first-order valence-corrected chi connectivity index (χ1v) is 11.5. The molecule has 0 bridgehead atoms. The molecule has 0 atom stereocenters. The average Bonchev–Trinajstić information content (AvgIpc) is 3.38. The van der Waals surface area contributed by atoms with Crippen molar-refractivity contribution >= 4 is 18.2 Å². The van der Waals surface area contributed by atoms with Crippen LogP contribution in [0.1, 0.15) is 32.9 Å². The van der Waals surface area contributed by atoms with Crippen LogP contribution >= 0.6 is 0 Å². The number of aldehydes is 1.